The monoisotopic (exact) mass is 383 g/mol. The standard InChI is InChI=1S/C24H33NO3/c1-27-23(15-14-20-10-4-2-5-11-20)22-12-6-7-13-24(22)28-19-21(26)18-25-16-8-3-9-17-25/h2,4-7,10-13,21,23,26H,3,8-9,14-19H2,1H3. The first-order valence-corrected chi connectivity index (χ1v) is 10.4. The first kappa shape index (κ1) is 20.8. The number of likely N-dealkylation sites (tertiary alicyclic amines) is 1. The van der Waals surface area contributed by atoms with Gasteiger partial charge in [-0.2, -0.15) is 0 Å². The number of ether oxygens (including phenoxy) is 2. The van der Waals surface area contributed by atoms with Gasteiger partial charge in [0.25, 0.3) is 0 Å². The summed E-state index contributed by atoms with van der Waals surface area (Å²) in [5, 5.41) is 10.4. The van der Waals surface area contributed by atoms with Gasteiger partial charge in [0.05, 0.1) is 6.10 Å². The summed E-state index contributed by atoms with van der Waals surface area (Å²) in [7, 11) is 1.75. The number of benzene rings is 2. The molecule has 0 bridgehead atoms. The maximum Gasteiger partial charge on any atom is 0.125 e. The zero-order valence-electron chi connectivity index (χ0n) is 16.9. The number of hydrogen-bond donors (Lipinski definition) is 1. The lowest BCUT2D eigenvalue weighted by molar-refractivity contribution is 0.0575. The van der Waals surface area contributed by atoms with Crippen molar-refractivity contribution in [2.24, 2.45) is 0 Å². The molecule has 2 aromatic rings. The molecule has 1 heterocycles. The quantitative estimate of drug-likeness (QED) is 0.667. The van der Waals surface area contributed by atoms with Crippen molar-refractivity contribution in [3.05, 3.63) is 65.7 Å². The second-order valence-electron chi connectivity index (χ2n) is 7.61. The number of hydrogen-bond acceptors (Lipinski definition) is 4. The van der Waals surface area contributed by atoms with Crippen molar-refractivity contribution in [1.29, 1.82) is 0 Å². The van der Waals surface area contributed by atoms with Crippen LogP contribution in [0.25, 0.3) is 0 Å². The van der Waals surface area contributed by atoms with Crippen LogP contribution in [0.15, 0.2) is 54.6 Å². The van der Waals surface area contributed by atoms with E-state index in [0.717, 1.165) is 37.2 Å². The van der Waals surface area contributed by atoms with Crippen LogP contribution in [0.1, 0.15) is 42.9 Å². The number of aryl methyl sites for hydroxylation is 1. The summed E-state index contributed by atoms with van der Waals surface area (Å²) < 4.78 is 11.8. The fraction of sp³-hybridized carbons (Fsp3) is 0.500. The molecule has 0 aliphatic carbocycles. The largest absolute Gasteiger partial charge is 0.490 e. The SMILES string of the molecule is COC(CCc1ccccc1)c1ccccc1OCC(O)CN1CCCCC1. The molecule has 1 aliphatic rings. The number of para-hydroxylation sites is 1. The Hall–Kier alpha value is -1.88. The van der Waals surface area contributed by atoms with E-state index in [2.05, 4.69) is 35.2 Å². The van der Waals surface area contributed by atoms with Crippen LogP contribution in [0.5, 0.6) is 5.75 Å². The zero-order valence-corrected chi connectivity index (χ0v) is 16.9. The van der Waals surface area contributed by atoms with Gasteiger partial charge in [-0.25, -0.2) is 0 Å². The average molecular weight is 384 g/mol. The van der Waals surface area contributed by atoms with Crippen molar-refractivity contribution < 1.29 is 14.6 Å². The van der Waals surface area contributed by atoms with E-state index in [4.69, 9.17) is 9.47 Å². The van der Waals surface area contributed by atoms with E-state index in [1.54, 1.807) is 7.11 Å². The van der Waals surface area contributed by atoms with Crippen LogP contribution in [0.3, 0.4) is 0 Å². The third-order valence-corrected chi connectivity index (χ3v) is 5.44. The minimum atomic E-state index is -0.475. The summed E-state index contributed by atoms with van der Waals surface area (Å²) >= 11 is 0. The van der Waals surface area contributed by atoms with Crippen molar-refractivity contribution in [2.75, 3.05) is 33.4 Å². The van der Waals surface area contributed by atoms with Gasteiger partial charge in [0.2, 0.25) is 0 Å². The highest BCUT2D eigenvalue weighted by Gasteiger charge is 2.18. The summed E-state index contributed by atoms with van der Waals surface area (Å²) in [5.74, 6) is 0.806. The van der Waals surface area contributed by atoms with Crippen LogP contribution in [0.2, 0.25) is 0 Å². The Balaban J connectivity index is 1.56. The highest BCUT2D eigenvalue weighted by Crippen LogP contribution is 2.30. The number of aliphatic hydroxyl groups is 1. The summed E-state index contributed by atoms with van der Waals surface area (Å²) in [6.07, 6.45) is 5.09. The second kappa shape index (κ2) is 11.2. The molecule has 0 spiro atoms. The van der Waals surface area contributed by atoms with E-state index in [9.17, 15) is 5.11 Å². The van der Waals surface area contributed by atoms with Crippen molar-refractivity contribution in [3.63, 3.8) is 0 Å². The van der Waals surface area contributed by atoms with Gasteiger partial charge in [-0.1, -0.05) is 55.0 Å². The number of β-amino-alcohol motifs (C(OH)–C–C–N with tert-alkyl or cyclic N) is 1. The molecule has 3 rings (SSSR count). The molecule has 4 heteroatoms. The summed E-state index contributed by atoms with van der Waals surface area (Å²) in [5.41, 5.74) is 2.35. The van der Waals surface area contributed by atoms with Gasteiger partial charge in [0.1, 0.15) is 18.5 Å². The summed E-state index contributed by atoms with van der Waals surface area (Å²) in [6, 6.07) is 18.5. The molecule has 4 nitrogen and oxygen atoms in total. The lowest BCUT2D eigenvalue weighted by Gasteiger charge is -2.28. The molecule has 2 atom stereocenters. The van der Waals surface area contributed by atoms with Gasteiger partial charge in [-0.3, -0.25) is 0 Å². The zero-order chi connectivity index (χ0) is 19.6. The predicted molar refractivity (Wildman–Crippen MR) is 113 cm³/mol. The molecule has 0 radical (unpaired) electrons. The first-order valence-electron chi connectivity index (χ1n) is 10.4. The fourth-order valence-electron chi connectivity index (χ4n) is 3.90. The van der Waals surface area contributed by atoms with Crippen molar-refractivity contribution in [2.45, 2.75) is 44.3 Å². The van der Waals surface area contributed by atoms with Crippen LogP contribution in [-0.2, 0) is 11.2 Å². The van der Waals surface area contributed by atoms with Crippen LogP contribution < -0.4 is 4.74 Å². The summed E-state index contributed by atoms with van der Waals surface area (Å²) in [4.78, 5) is 2.33. The van der Waals surface area contributed by atoms with E-state index < -0.39 is 6.10 Å². The number of methoxy groups -OCH3 is 1. The molecule has 28 heavy (non-hydrogen) atoms. The predicted octanol–water partition coefficient (Wildman–Crippen LogP) is 4.23. The minimum Gasteiger partial charge on any atom is -0.490 e. The Kier molecular flexibility index (Phi) is 8.34. The molecule has 1 fully saturated rings. The molecule has 2 aromatic carbocycles. The number of nitrogens with zero attached hydrogens (tertiary/aromatic N) is 1. The molecule has 2 unspecified atom stereocenters. The lowest BCUT2D eigenvalue weighted by Crippen LogP contribution is -2.38. The van der Waals surface area contributed by atoms with E-state index >= 15 is 0 Å². The molecule has 1 aliphatic heterocycles. The van der Waals surface area contributed by atoms with E-state index in [1.807, 2.05) is 24.3 Å². The molecule has 152 valence electrons. The highest BCUT2D eigenvalue weighted by molar-refractivity contribution is 5.35. The van der Waals surface area contributed by atoms with Crippen molar-refractivity contribution >= 4 is 0 Å². The Labute approximate surface area is 169 Å². The van der Waals surface area contributed by atoms with E-state index in [1.165, 1.54) is 24.8 Å². The highest BCUT2D eigenvalue weighted by atomic mass is 16.5. The van der Waals surface area contributed by atoms with Crippen molar-refractivity contribution in [3.8, 4) is 5.75 Å². The van der Waals surface area contributed by atoms with Crippen LogP contribution in [-0.4, -0.2) is 49.5 Å². The Morgan fingerprint density at radius 2 is 1.68 bits per heavy atom. The van der Waals surface area contributed by atoms with Gasteiger partial charge in [0, 0.05) is 19.2 Å². The first-order chi connectivity index (χ1) is 13.8. The molecule has 0 amide bonds. The molecule has 0 saturated carbocycles. The topological polar surface area (TPSA) is 41.9 Å². The Morgan fingerprint density at radius 1 is 0.964 bits per heavy atom. The Bertz CT molecular complexity index is 685. The maximum absolute atomic E-state index is 10.4. The number of piperidine rings is 1. The molecule has 1 saturated heterocycles. The smallest absolute Gasteiger partial charge is 0.125 e. The van der Waals surface area contributed by atoms with Gasteiger partial charge < -0.3 is 19.5 Å². The lowest BCUT2D eigenvalue weighted by atomic mass is 10.0. The summed E-state index contributed by atoms with van der Waals surface area (Å²) in [6.45, 7) is 3.16. The van der Waals surface area contributed by atoms with Crippen molar-refractivity contribution in [1.82, 2.24) is 4.90 Å². The van der Waals surface area contributed by atoms with Crippen LogP contribution >= 0.6 is 0 Å². The van der Waals surface area contributed by atoms with Gasteiger partial charge in [0.15, 0.2) is 0 Å². The molecular weight excluding hydrogens is 350 g/mol. The van der Waals surface area contributed by atoms with Gasteiger partial charge in [-0.15, -0.1) is 0 Å². The average Bonchev–Trinajstić information content (AvgIpc) is 2.75. The number of aliphatic hydroxyl groups excluding tert-OH is 1. The fourth-order valence-corrected chi connectivity index (χ4v) is 3.90. The minimum absolute atomic E-state index is 0.0318. The molecular formula is C24H33NO3. The third kappa shape index (κ3) is 6.33. The van der Waals surface area contributed by atoms with E-state index in [-0.39, 0.29) is 6.10 Å². The van der Waals surface area contributed by atoms with Crippen LogP contribution in [0, 0.1) is 0 Å². The van der Waals surface area contributed by atoms with E-state index in [0.29, 0.717) is 13.2 Å². The molecule has 1 N–H and O–H groups in total. The Morgan fingerprint density at radius 3 is 2.43 bits per heavy atom. The van der Waals surface area contributed by atoms with Gasteiger partial charge in [-0.05, 0) is 50.4 Å². The third-order valence-electron chi connectivity index (χ3n) is 5.44. The van der Waals surface area contributed by atoms with Gasteiger partial charge >= 0.3 is 0 Å². The molecule has 0 aromatic heterocycles. The van der Waals surface area contributed by atoms with Crippen LogP contribution in [0.4, 0.5) is 0 Å². The second-order valence-corrected chi connectivity index (χ2v) is 7.61. The normalized spacial score (nSPS) is 17.2. The maximum atomic E-state index is 10.4. The number of rotatable bonds is 10.